The Bertz CT molecular complexity index is 1000. The van der Waals surface area contributed by atoms with E-state index in [2.05, 4.69) is 6.08 Å². The maximum absolute atomic E-state index is 13.0. The molecule has 1 fully saturated rings. The van der Waals surface area contributed by atoms with Crippen molar-refractivity contribution in [2.45, 2.75) is 52.6 Å². The van der Waals surface area contributed by atoms with E-state index in [9.17, 15) is 14.7 Å². The monoisotopic (exact) mass is 426 g/mol. The van der Waals surface area contributed by atoms with Crippen molar-refractivity contribution in [3.05, 3.63) is 59.1 Å². The van der Waals surface area contributed by atoms with Crippen LogP contribution in [0, 0.1) is 18.8 Å². The van der Waals surface area contributed by atoms with Gasteiger partial charge in [-0.05, 0) is 57.4 Å². The van der Waals surface area contributed by atoms with Crippen LogP contribution in [0.4, 0.5) is 0 Å². The largest absolute Gasteiger partial charge is 0.507 e. The number of furan rings is 1. The van der Waals surface area contributed by atoms with Gasteiger partial charge < -0.3 is 19.0 Å². The number of phenolic OH excluding ortho intramolecular Hbond substituents is 1. The summed E-state index contributed by atoms with van der Waals surface area (Å²) in [6, 6.07) is 6.45. The minimum atomic E-state index is -0.944. The van der Waals surface area contributed by atoms with Crippen LogP contribution in [0.1, 0.15) is 55.3 Å². The minimum Gasteiger partial charge on any atom is -0.507 e. The lowest BCUT2D eigenvalue weighted by Gasteiger charge is -2.28. The molecule has 166 valence electrons. The first-order valence-corrected chi connectivity index (χ1v) is 10.5. The second kappa shape index (κ2) is 9.00. The first-order valence-electron chi connectivity index (χ1n) is 10.5. The Morgan fingerprint density at radius 2 is 2.06 bits per heavy atom. The fraction of sp³-hybridized carbons (Fsp3) is 0.440. The van der Waals surface area contributed by atoms with Gasteiger partial charge in [-0.25, -0.2) is 0 Å². The van der Waals surface area contributed by atoms with Gasteiger partial charge in [0.1, 0.15) is 28.8 Å². The summed E-state index contributed by atoms with van der Waals surface area (Å²) in [6.07, 6.45) is 5.91. The number of aryl methyl sites for hydroxylation is 1. The van der Waals surface area contributed by atoms with Crippen LogP contribution in [0.5, 0.6) is 11.5 Å². The van der Waals surface area contributed by atoms with Gasteiger partial charge in [-0.1, -0.05) is 18.6 Å². The summed E-state index contributed by atoms with van der Waals surface area (Å²) in [6.45, 7) is 7.77. The molecule has 0 bridgehead atoms. The highest BCUT2D eigenvalue weighted by atomic mass is 16.6. The van der Waals surface area contributed by atoms with E-state index in [0.717, 1.165) is 17.7 Å². The summed E-state index contributed by atoms with van der Waals surface area (Å²) in [5, 5.41) is 10.2. The fourth-order valence-electron chi connectivity index (χ4n) is 4.11. The normalized spacial score (nSPS) is 23.6. The van der Waals surface area contributed by atoms with Crippen molar-refractivity contribution in [1.82, 2.24) is 0 Å². The van der Waals surface area contributed by atoms with Gasteiger partial charge in [0, 0.05) is 18.4 Å². The van der Waals surface area contributed by atoms with Gasteiger partial charge in [0.15, 0.2) is 5.78 Å². The number of ketones is 1. The summed E-state index contributed by atoms with van der Waals surface area (Å²) in [7, 11) is 1.48. The van der Waals surface area contributed by atoms with Crippen molar-refractivity contribution in [3.8, 4) is 11.5 Å². The quantitative estimate of drug-likeness (QED) is 0.276. The predicted octanol–water partition coefficient (Wildman–Crippen LogP) is 5.02. The number of methoxy groups -OCH3 is 1. The highest BCUT2D eigenvalue weighted by Crippen LogP contribution is 2.42. The van der Waals surface area contributed by atoms with E-state index in [-0.39, 0.29) is 17.2 Å². The Morgan fingerprint density at radius 3 is 2.68 bits per heavy atom. The highest BCUT2D eigenvalue weighted by molar-refractivity contribution is 6.11. The van der Waals surface area contributed by atoms with Crippen LogP contribution < -0.4 is 4.74 Å². The number of aromatic hydroxyl groups is 1. The molecule has 1 aromatic carbocycles. The lowest BCUT2D eigenvalue weighted by Crippen LogP contribution is -2.33. The molecule has 2 aromatic rings. The summed E-state index contributed by atoms with van der Waals surface area (Å²) in [5.74, 6) is -1.08. The maximum atomic E-state index is 13.0. The number of ether oxygens (including phenoxy) is 2. The zero-order chi connectivity index (χ0) is 22.8. The van der Waals surface area contributed by atoms with Gasteiger partial charge in [-0.15, -0.1) is 0 Å². The lowest BCUT2D eigenvalue weighted by atomic mass is 9.77. The van der Waals surface area contributed by atoms with Gasteiger partial charge in [-0.2, -0.15) is 0 Å². The Morgan fingerprint density at radius 1 is 1.32 bits per heavy atom. The van der Waals surface area contributed by atoms with Crippen molar-refractivity contribution >= 4 is 11.8 Å². The van der Waals surface area contributed by atoms with Crippen LogP contribution in [-0.4, -0.2) is 29.6 Å². The molecule has 0 radical (unpaired) electrons. The third kappa shape index (κ3) is 4.84. The summed E-state index contributed by atoms with van der Waals surface area (Å²) in [5.41, 5.74) is 1.62. The standard InChI is InChI=1S/C25H30O6/c1-15(11-19-12-16(2)14-30-19)7-6-10-25(4)17(3)22(24(28)31-25)23(27)20-9-8-18(29-5)13-21(20)26/h7-9,12-14,17,22,26H,6,10-11H2,1-5H3/b15-7+/t17-,22+,25+/m1/s1. The molecule has 31 heavy (non-hydrogen) atoms. The maximum Gasteiger partial charge on any atom is 0.317 e. The average molecular weight is 427 g/mol. The molecule has 1 saturated heterocycles. The third-order valence-corrected chi connectivity index (χ3v) is 6.18. The molecule has 3 rings (SSSR count). The van der Waals surface area contributed by atoms with E-state index in [1.54, 1.807) is 12.3 Å². The Hall–Kier alpha value is -3.02. The van der Waals surface area contributed by atoms with Gasteiger partial charge in [0.25, 0.3) is 0 Å². The molecule has 0 saturated carbocycles. The predicted molar refractivity (Wildman–Crippen MR) is 116 cm³/mol. The number of esters is 1. The Kier molecular flexibility index (Phi) is 6.58. The van der Waals surface area contributed by atoms with Crippen LogP contribution in [0.25, 0.3) is 0 Å². The molecule has 0 amide bonds. The van der Waals surface area contributed by atoms with Gasteiger partial charge in [-0.3, -0.25) is 9.59 Å². The van der Waals surface area contributed by atoms with Crippen LogP contribution in [-0.2, 0) is 16.0 Å². The molecule has 1 aromatic heterocycles. The first kappa shape index (κ1) is 22.7. The zero-order valence-electron chi connectivity index (χ0n) is 18.7. The van der Waals surface area contributed by atoms with E-state index in [1.165, 1.54) is 24.8 Å². The highest BCUT2D eigenvalue weighted by Gasteiger charge is 2.53. The van der Waals surface area contributed by atoms with Crippen molar-refractivity contribution in [3.63, 3.8) is 0 Å². The van der Waals surface area contributed by atoms with E-state index in [1.807, 2.05) is 33.8 Å². The molecule has 1 N–H and O–H groups in total. The second-order valence-corrected chi connectivity index (χ2v) is 8.60. The molecule has 0 spiro atoms. The number of carbonyl (C=O) groups is 2. The smallest absolute Gasteiger partial charge is 0.317 e. The van der Waals surface area contributed by atoms with E-state index >= 15 is 0 Å². The average Bonchev–Trinajstić information content (AvgIpc) is 3.21. The van der Waals surface area contributed by atoms with Crippen molar-refractivity contribution < 1.29 is 28.6 Å². The molecule has 6 heteroatoms. The van der Waals surface area contributed by atoms with Gasteiger partial charge >= 0.3 is 5.97 Å². The van der Waals surface area contributed by atoms with Crippen LogP contribution in [0.3, 0.4) is 0 Å². The van der Waals surface area contributed by atoms with Crippen molar-refractivity contribution in [1.29, 1.82) is 0 Å². The van der Waals surface area contributed by atoms with Crippen LogP contribution >= 0.6 is 0 Å². The van der Waals surface area contributed by atoms with Crippen LogP contribution in [0.15, 0.2) is 46.6 Å². The summed E-state index contributed by atoms with van der Waals surface area (Å²) >= 11 is 0. The Labute approximate surface area is 182 Å². The number of cyclic esters (lactones) is 1. The number of benzene rings is 1. The molecular formula is C25H30O6. The van der Waals surface area contributed by atoms with E-state index < -0.39 is 23.3 Å². The SMILES string of the molecule is COc1ccc(C(=O)[C@H]2C(=O)O[C@@](C)(CC/C=C(\C)Cc3cc(C)co3)[C@@H]2C)c(O)c1. The van der Waals surface area contributed by atoms with Crippen molar-refractivity contribution in [2.24, 2.45) is 11.8 Å². The topological polar surface area (TPSA) is 86.0 Å². The third-order valence-electron chi connectivity index (χ3n) is 6.18. The number of carbonyl (C=O) groups excluding carboxylic acids is 2. The number of Topliss-reactive ketones (excluding diaryl/α,β-unsaturated/α-hetero) is 1. The molecule has 6 nitrogen and oxygen atoms in total. The lowest BCUT2D eigenvalue weighted by molar-refractivity contribution is -0.149. The number of hydrogen-bond acceptors (Lipinski definition) is 6. The first-order chi connectivity index (χ1) is 14.6. The number of rotatable bonds is 8. The van der Waals surface area contributed by atoms with Crippen LogP contribution in [0.2, 0.25) is 0 Å². The molecule has 1 aliphatic rings. The Balaban J connectivity index is 1.67. The molecular weight excluding hydrogens is 396 g/mol. The van der Waals surface area contributed by atoms with E-state index in [0.29, 0.717) is 18.6 Å². The summed E-state index contributed by atoms with van der Waals surface area (Å²) in [4.78, 5) is 25.7. The summed E-state index contributed by atoms with van der Waals surface area (Å²) < 4.78 is 16.2. The number of hydrogen-bond donors (Lipinski definition) is 1. The van der Waals surface area contributed by atoms with E-state index in [4.69, 9.17) is 13.9 Å². The van der Waals surface area contributed by atoms with Gasteiger partial charge in [0.05, 0.1) is 18.9 Å². The minimum absolute atomic E-state index is 0.100. The van der Waals surface area contributed by atoms with Gasteiger partial charge in [0.2, 0.25) is 0 Å². The number of allylic oxidation sites excluding steroid dienone is 2. The molecule has 1 aliphatic heterocycles. The second-order valence-electron chi connectivity index (χ2n) is 8.60. The molecule has 0 unspecified atom stereocenters. The van der Waals surface area contributed by atoms with Crippen molar-refractivity contribution in [2.75, 3.05) is 7.11 Å². The zero-order valence-corrected chi connectivity index (χ0v) is 18.7. The molecule has 3 atom stereocenters. The molecule has 0 aliphatic carbocycles. The molecule has 2 heterocycles. The fourth-order valence-corrected chi connectivity index (χ4v) is 4.11. The number of phenols is 1.